The van der Waals surface area contributed by atoms with E-state index in [1.54, 1.807) is 0 Å². The molecule has 1 aromatic carbocycles. The topological polar surface area (TPSA) is 63.8 Å². The van der Waals surface area contributed by atoms with Gasteiger partial charge in [0.25, 0.3) is 0 Å². The highest BCUT2D eigenvalue weighted by atomic mass is 79.9. The third-order valence-corrected chi connectivity index (χ3v) is 3.06. The molecule has 0 bridgehead atoms. The molecule has 19 heavy (non-hydrogen) atoms. The summed E-state index contributed by atoms with van der Waals surface area (Å²) < 4.78 is 1.06. The number of benzene rings is 1. The summed E-state index contributed by atoms with van der Waals surface area (Å²) in [7, 11) is 0. The second-order valence-corrected chi connectivity index (χ2v) is 6.06. The predicted molar refractivity (Wildman–Crippen MR) is 81.9 cm³/mol. The van der Waals surface area contributed by atoms with Gasteiger partial charge in [-0.3, -0.25) is 0 Å². The van der Waals surface area contributed by atoms with Gasteiger partial charge < -0.3 is 11.1 Å². The molecule has 0 aliphatic rings. The van der Waals surface area contributed by atoms with Crippen molar-refractivity contribution in [2.24, 2.45) is 5.73 Å². The summed E-state index contributed by atoms with van der Waals surface area (Å²) in [6, 6.07) is 8.05. The largest absolute Gasteiger partial charge is 0.352 e. The smallest absolute Gasteiger partial charge is 0.222 e. The van der Waals surface area contributed by atoms with Crippen molar-refractivity contribution < 1.29 is 0 Å². The molecule has 5 heteroatoms. The summed E-state index contributed by atoms with van der Waals surface area (Å²) in [6.45, 7) is 4.54. The lowest BCUT2D eigenvalue weighted by Gasteiger charge is -2.18. The zero-order valence-electron chi connectivity index (χ0n) is 11.0. The average molecular weight is 321 g/mol. The Labute approximate surface area is 121 Å². The number of rotatable bonds is 4. The predicted octanol–water partition coefficient (Wildman–Crippen LogP) is 3.06. The summed E-state index contributed by atoms with van der Waals surface area (Å²) in [5.74, 6) is 0.597. The number of nitrogens with two attached hydrogens (primary N) is 1. The van der Waals surface area contributed by atoms with E-state index in [9.17, 15) is 0 Å². The molecule has 0 aliphatic heterocycles. The molecule has 0 aliphatic carbocycles. The normalized spacial score (nSPS) is 11.4. The minimum atomic E-state index is -0.284. The highest BCUT2D eigenvalue weighted by Crippen LogP contribution is 2.20. The molecule has 0 saturated heterocycles. The first-order valence-corrected chi connectivity index (χ1v) is 6.84. The highest BCUT2D eigenvalue weighted by Gasteiger charge is 2.10. The van der Waals surface area contributed by atoms with Crippen molar-refractivity contribution in [2.45, 2.75) is 19.4 Å². The van der Waals surface area contributed by atoms with Crippen LogP contribution in [0.3, 0.4) is 0 Å². The van der Waals surface area contributed by atoms with Gasteiger partial charge in [0.15, 0.2) is 0 Å². The maximum atomic E-state index is 5.90. The summed E-state index contributed by atoms with van der Waals surface area (Å²) >= 11 is 3.42. The van der Waals surface area contributed by atoms with Crippen LogP contribution in [0.1, 0.15) is 13.8 Å². The van der Waals surface area contributed by atoms with Crippen LogP contribution in [0.4, 0.5) is 5.95 Å². The number of aromatic nitrogens is 2. The molecule has 1 aromatic heterocycles. The Balaban J connectivity index is 2.08. The van der Waals surface area contributed by atoms with Gasteiger partial charge in [-0.15, -0.1) is 0 Å². The highest BCUT2D eigenvalue weighted by molar-refractivity contribution is 9.10. The number of anilines is 1. The fraction of sp³-hybridized carbons (Fsp3) is 0.286. The number of hydrogen-bond acceptors (Lipinski definition) is 4. The fourth-order valence-electron chi connectivity index (χ4n) is 1.52. The van der Waals surface area contributed by atoms with Crippen LogP contribution in [-0.2, 0) is 0 Å². The van der Waals surface area contributed by atoms with E-state index in [1.807, 2.05) is 50.5 Å². The Morgan fingerprint density at radius 3 is 2.21 bits per heavy atom. The van der Waals surface area contributed by atoms with Crippen LogP contribution in [-0.4, -0.2) is 22.1 Å². The van der Waals surface area contributed by atoms with E-state index in [-0.39, 0.29) is 5.54 Å². The minimum Gasteiger partial charge on any atom is -0.352 e. The van der Waals surface area contributed by atoms with Crippen molar-refractivity contribution >= 4 is 21.9 Å². The molecular weight excluding hydrogens is 304 g/mol. The maximum Gasteiger partial charge on any atom is 0.222 e. The molecule has 0 radical (unpaired) electrons. The molecule has 0 saturated carbocycles. The lowest BCUT2D eigenvalue weighted by Crippen LogP contribution is -2.39. The third-order valence-electron chi connectivity index (χ3n) is 2.53. The van der Waals surface area contributed by atoms with Crippen molar-refractivity contribution in [3.8, 4) is 11.1 Å². The van der Waals surface area contributed by atoms with E-state index in [2.05, 4.69) is 31.2 Å². The fourth-order valence-corrected chi connectivity index (χ4v) is 1.78. The molecule has 0 spiro atoms. The number of halogens is 1. The number of nitrogens with zero attached hydrogens (tertiary/aromatic N) is 2. The van der Waals surface area contributed by atoms with Crippen LogP contribution in [0.25, 0.3) is 11.1 Å². The molecular formula is C14H17BrN4. The van der Waals surface area contributed by atoms with Crippen molar-refractivity contribution in [1.82, 2.24) is 9.97 Å². The van der Waals surface area contributed by atoms with E-state index in [4.69, 9.17) is 5.73 Å². The summed E-state index contributed by atoms with van der Waals surface area (Å²) in [5, 5.41) is 3.12. The van der Waals surface area contributed by atoms with Gasteiger partial charge in [0.2, 0.25) is 5.95 Å². The lowest BCUT2D eigenvalue weighted by atomic mass is 10.1. The summed E-state index contributed by atoms with van der Waals surface area (Å²) in [5.41, 5.74) is 7.69. The molecule has 100 valence electrons. The number of nitrogens with one attached hydrogen (secondary N) is 1. The zero-order valence-corrected chi connectivity index (χ0v) is 12.6. The Hall–Kier alpha value is -1.46. The van der Waals surface area contributed by atoms with Crippen molar-refractivity contribution in [3.63, 3.8) is 0 Å². The van der Waals surface area contributed by atoms with E-state index < -0.39 is 0 Å². The first kappa shape index (κ1) is 14.0. The van der Waals surface area contributed by atoms with Gasteiger partial charge in [-0.1, -0.05) is 28.1 Å². The second kappa shape index (κ2) is 5.67. The van der Waals surface area contributed by atoms with Gasteiger partial charge in [-0.25, -0.2) is 9.97 Å². The van der Waals surface area contributed by atoms with Gasteiger partial charge in [0, 0.05) is 34.5 Å². The van der Waals surface area contributed by atoms with Crippen LogP contribution < -0.4 is 11.1 Å². The molecule has 0 amide bonds. The van der Waals surface area contributed by atoms with Gasteiger partial charge in [0.05, 0.1) is 0 Å². The van der Waals surface area contributed by atoms with E-state index in [0.717, 1.165) is 15.6 Å². The number of hydrogen-bond donors (Lipinski definition) is 2. The van der Waals surface area contributed by atoms with Crippen LogP contribution >= 0.6 is 15.9 Å². The monoisotopic (exact) mass is 320 g/mol. The van der Waals surface area contributed by atoms with Crippen molar-refractivity contribution in [1.29, 1.82) is 0 Å². The molecule has 0 unspecified atom stereocenters. The molecule has 1 heterocycles. The Bertz CT molecular complexity index is 529. The van der Waals surface area contributed by atoms with Gasteiger partial charge in [-0.05, 0) is 31.5 Å². The van der Waals surface area contributed by atoms with Crippen molar-refractivity contribution in [2.75, 3.05) is 11.9 Å². The first-order chi connectivity index (χ1) is 8.94. The molecule has 2 rings (SSSR count). The van der Waals surface area contributed by atoms with E-state index in [1.165, 1.54) is 0 Å². The first-order valence-electron chi connectivity index (χ1n) is 6.05. The van der Waals surface area contributed by atoms with Gasteiger partial charge in [-0.2, -0.15) is 0 Å². The van der Waals surface area contributed by atoms with Crippen LogP contribution in [0.2, 0.25) is 0 Å². The van der Waals surface area contributed by atoms with E-state index >= 15 is 0 Å². The quantitative estimate of drug-likeness (QED) is 0.908. The van der Waals surface area contributed by atoms with E-state index in [0.29, 0.717) is 12.5 Å². The van der Waals surface area contributed by atoms with Crippen LogP contribution in [0.5, 0.6) is 0 Å². The minimum absolute atomic E-state index is 0.284. The van der Waals surface area contributed by atoms with Crippen LogP contribution in [0, 0.1) is 0 Å². The molecule has 4 nitrogen and oxygen atoms in total. The van der Waals surface area contributed by atoms with Gasteiger partial charge >= 0.3 is 0 Å². The molecule has 0 atom stereocenters. The Morgan fingerprint density at radius 1 is 1.11 bits per heavy atom. The zero-order chi connectivity index (χ0) is 13.9. The summed E-state index contributed by atoms with van der Waals surface area (Å²) in [4.78, 5) is 8.58. The Kier molecular flexibility index (Phi) is 4.17. The third kappa shape index (κ3) is 4.29. The Morgan fingerprint density at radius 2 is 1.68 bits per heavy atom. The van der Waals surface area contributed by atoms with Gasteiger partial charge in [0.1, 0.15) is 0 Å². The summed E-state index contributed by atoms with van der Waals surface area (Å²) in [6.07, 6.45) is 3.62. The maximum absolute atomic E-state index is 5.90. The molecule has 0 fully saturated rings. The van der Waals surface area contributed by atoms with Crippen LogP contribution in [0.15, 0.2) is 41.1 Å². The SMILES string of the molecule is CC(C)(N)CNc1ncc(-c2ccc(Br)cc2)cn1. The van der Waals surface area contributed by atoms with Crippen molar-refractivity contribution in [3.05, 3.63) is 41.1 Å². The standard InChI is InChI=1S/C14H17BrN4/c1-14(2,16)9-19-13-17-7-11(8-18-13)10-3-5-12(15)6-4-10/h3-8H,9,16H2,1-2H3,(H,17,18,19). The average Bonchev–Trinajstić information content (AvgIpc) is 2.37. The lowest BCUT2D eigenvalue weighted by molar-refractivity contribution is 0.547. The molecule has 2 aromatic rings. The molecule has 3 N–H and O–H groups in total. The second-order valence-electron chi connectivity index (χ2n) is 5.14.